The average Bonchev–Trinajstić information content (AvgIpc) is 3.25. The van der Waals surface area contributed by atoms with Gasteiger partial charge in [-0.1, -0.05) is 42.5 Å². The van der Waals surface area contributed by atoms with Crippen LogP contribution < -0.4 is 20.9 Å². The van der Waals surface area contributed by atoms with Crippen LogP contribution in [-0.2, 0) is 22.6 Å². The largest absolute Gasteiger partial charge is 0.459 e. The second kappa shape index (κ2) is 21.1. The van der Waals surface area contributed by atoms with Gasteiger partial charge < -0.3 is 30.3 Å². The van der Waals surface area contributed by atoms with Gasteiger partial charge in [0, 0.05) is 94.8 Å². The Hall–Kier alpha value is -6.31. The molecule has 2 saturated heterocycles. The molecule has 1 amide bonds. The lowest BCUT2D eigenvalue weighted by Gasteiger charge is -2.36. The van der Waals surface area contributed by atoms with E-state index in [2.05, 4.69) is 53.1 Å². The van der Waals surface area contributed by atoms with Gasteiger partial charge in [-0.05, 0) is 99.5 Å². The van der Waals surface area contributed by atoms with Crippen molar-refractivity contribution in [2.24, 2.45) is 0 Å². The maximum absolute atomic E-state index is 12.5. The maximum atomic E-state index is 12.5. The summed E-state index contributed by atoms with van der Waals surface area (Å²) in [7, 11) is 0. The summed E-state index contributed by atoms with van der Waals surface area (Å²) in [6.07, 6.45) is 3.11. The van der Waals surface area contributed by atoms with Crippen LogP contribution in [0.3, 0.4) is 0 Å². The molecule has 5 aromatic rings. The summed E-state index contributed by atoms with van der Waals surface area (Å²) in [5.74, 6) is 0.625. The number of hydrogen-bond donors (Lipinski definition) is 2. The van der Waals surface area contributed by atoms with Gasteiger partial charge >= 0.3 is 11.9 Å². The first-order chi connectivity index (χ1) is 29.0. The lowest BCUT2D eigenvalue weighted by molar-refractivity contribution is 0.0367. The number of nitrogen functional groups attached to an aromatic ring is 1. The van der Waals surface area contributed by atoms with Crippen LogP contribution >= 0.6 is 0 Å². The van der Waals surface area contributed by atoms with Crippen LogP contribution in [0.2, 0.25) is 0 Å². The number of ether oxygens (including phenoxy) is 2. The van der Waals surface area contributed by atoms with E-state index in [-0.39, 0.29) is 30.1 Å². The molecule has 2 aromatic heterocycles. The molecule has 60 heavy (non-hydrogen) atoms. The number of pyridine rings is 2. The van der Waals surface area contributed by atoms with Crippen molar-refractivity contribution in [3.63, 3.8) is 0 Å². The average molecular weight is 813 g/mol. The summed E-state index contributed by atoms with van der Waals surface area (Å²) in [4.78, 5) is 55.3. The number of amides is 1. The zero-order chi connectivity index (χ0) is 42.4. The molecule has 4 heterocycles. The molecule has 0 radical (unpaired) electrons. The van der Waals surface area contributed by atoms with E-state index in [4.69, 9.17) is 15.2 Å². The molecule has 0 saturated carbocycles. The van der Waals surface area contributed by atoms with Crippen LogP contribution in [0.15, 0.2) is 116 Å². The lowest BCUT2D eigenvalue weighted by Crippen LogP contribution is -2.46. The summed E-state index contributed by atoms with van der Waals surface area (Å²) in [6.45, 7) is 15.8. The predicted molar refractivity (Wildman–Crippen MR) is 236 cm³/mol. The van der Waals surface area contributed by atoms with E-state index in [1.807, 2.05) is 76.2 Å². The highest BCUT2D eigenvalue weighted by molar-refractivity contribution is 6.04. The molecule has 0 bridgehead atoms. The number of aromatic nitrogens is 2. The van der Waals surface area contributed by atoms with Gasteiger partial charge in [-0.25, -0.2) is 19.6 Å². The SMILES string of the molecule is CC(C)OC(=O)c1cccnc1N1CCN(Cc2ccc(N)cc2)CC1.CC(C)OC(=O)c1cccnc1N1CCN(Cc2cccc(NC(=O)c3ccccc3)c2)CC1. The van der Waals surface area contributed by atoms with Crippen LogP contribution in [0.25, 0.3) is 0 Å². The highest BCUT2D eigenvalue weighted by Gasteiger charge is 2.25. The van der Waals surface area contributed by atoms with E-state index in [0.717, 1.165) is 82.4 Å². The third-order valence-corrected chi connectivity index (χ3v) is 10.1. The fraction of sp³-hybridized carbons (Fsp3) is 0.340. The standard InChI is InChI=1S/C27H30N4O3.C20H26N4O2/c1-20(2)34-27(33)24-12-7-13-28-25(24)31-16-14-30(15-17-31)19-21-8-6-11-23(18-21)29-26(32)22-9-4-3-5-10-22;1-15(2)26-20(25)18-4-3-9-22-19(18)24-12-10-23(11-13-24)14-16-5-7-17(21)8-6-16/h3-13,18,20H,14-17,19H2,1-2H3,(H,29,32);3-9,15H,10-14,21H2,1-2H3. The molecule has 2 aliphatic heterocycles. The van der Waals surface area contributed by atoms with Gasteiger partial charge in [0.1, 0.15) is 22.8 Å². The van der Waals surface area contributed by atoms with Crippen LogP contribution in [0, 0.1) is 0 Å². The molecule has 2 aliphatic rings. The van der Waals surface area contributed by atoms with E-state index >= 15 is 0 Å². The predicted octanol–water partition coefficient (Wildman–Crippen LogP) is 6.77. The number of nitrogens with two attached hydrogens (primary N) is 1. The minimum atomic E-state index is -0.338. The van der Waals surface area contributed by atoms with Gasteiger partial charge in [-0.15, -0.1) is 0 Å². The minimum Gasteiger partial charge on any atom is -0.459 e. The number of hydrogen-bond acceptors (Lipinski definition) is 12. The van der Waals surface area contributed by atoms with Crippen molar-refractivity contribution in [1.29, 1.82) is 0 Å². The summed E-state index contributed by atoms with van der Waals surface area (Å²) in [6, 6.07) is 32.3. The molecular formula is C47H56N8O5. The van der Waals surface area contributed by atoms with Crippen LogP contribution in [0.1, 0.15) is 69.9 Å². The Morgan fingerprint density at radius 3 is 1.60 bits per heavy atom. The van der Waals surface area contributed by atoms with E-state index in [0.29, 0.717) is 28.3 Å². The van der Waals surface area contributed by atoms with Crippen molar-refractivity contribution >= 4 is 40.9 Å². The lowest BCUT2D eigenvalue weighted by atomic mass is 10.1. The monoisotopic (exact) mass is 812 g/mol. The number of anilines is 4. The number of rotatable bonds is 12. The van der Waals surface area contributed by atoms with Crippen molar-refractivity contribution < 1.29 is 23.9 Å². The number of nitrogens with zero attached hydrogens (tertiary/aromatic N) is 6. The first kappa shape index (κ1) is 43.3. The number of piperazine rings is 2. The molecule has 13 heteroatoms. The second-order valence-corrected chi connectivity index (χ2v) is 15.4. The van der Waals surface area contributed by atoms with Gasteiger partial charge in [0.05, 0.1) is 12.2 Å². The first-order valence-electron chi connectivity index (χ1n) is 20.6. The maximum Gasteiger partial charge on any atom is 0.342 e. The van der Waals surface area contributed by atoms with Crippen molar-refractivity contribution in [2.75, 3.05) is 73.2 Å². The molecular weight excluding hydrogens is 757 g/mol. The Bertz CT molecular complexity index is 2170. The second-order valence-electron chi connectivity index (χ2n) is 15.4. The highest BCUT2D eigenvalue weighted by Crippen LogP contribution is 2.23. The zero-order valence-corrected chi connectivity index (χ0v) is 35.0. The van der Waals surface area contributed by atoms with Gasteiger partial charge in [-0.2, -0.15) is 0 Å². The summed E-state index contributed by atoms with van der Waals surface area (Å²) < 4.78 is 10.7. The van der Waals surface area contributed by atoms with Gasteiger partial charge in [0.15, 0.2) is 0 Å². The van der Waals surface area contributed by atoms with Crippen molar-refractivity contribution in [2.45, 2.75) is 53.0 Å². The molecule has 0 unspecified atom stereocenters. The Labute approximate surface area is 353 Å². The first-order valence-corrected chi connectivity index (χ1v) is 20.6. The van der Waals surface area contributed by atoms with E-state index < -0.39 is 0 Å². The molecule has 0 spiro atoms. The zero-order valence-electron chi connectivity index (χ0n) is 35.0. The molecule has 7 rings (SSSR count). The Morgan fingerprint density at radius 1 is 0.600 bits per heavy atom. The molecule has 314 valence electrons. The normalized spacial score (nSPS) is 14.6. The Kier molecular flexibility index (Phi) is 15.2. The van der Waals surface area contributed by atoms with E-state index in [1.54, 1.807) is 48.8 Å². The summed E-state index contributed by atoms with van der Waals surface area (Å²) in [5, 5.41) is 2.98. The Balaban J connectivity index is 0.000000209. The van der Waals surface area contributed by atoms with Crippen LogP contribution in [0.5, 0.6) is 0 Å². The molecule has 3 N–H and O–H groups in total. The number of benzene rings is 3. The van der Waals surface area contributed by atoms with E-state index in [1.165, 1.54) is 5.56 Å². The quantitative estimate of drug-likeness (QED) is 0.101. The number of carbonyl (C=O) groups excluding carboxylic acids is 3. The smallest absolute Gasteiger partial charge is 0.342 e. The molecule has 2 fully saturated rings. The van der Waals surface area contributed by atoms with Crippen molar-refractivity contribution in [3.05, 3.63) is 143 Å². The third kappa shape index (κ3) is 12.4. The van der Waals surface area contributed by atoms with Crippen molar-refractivity contribution in [3.8, 4) is 0 Å². The summed E-state index contributed by atoms with van der Waals surface area (Å²) >= 11 is 0. The highest BCUT2D eigenvalue weighted by atomic mass is 16.5. The van der Waals surface area contributed by atoms with Crippen LogP contribution in [0.4, 0.5) is 23.0 Å². The Morgan fingerprint density at radius 2 is 1.10 bits per heavy atom. The van der Waals surface area contributed by atoms with Crippen LogP contribution in [-0.4, -0.2) is 102 Å². The topological polar surface area (TPSA) is 146 Å². The van der Waals surface area contributed by atoms with Gasteiger partial charge in [-0.3, -0.25) is 14.6 Å². The molecule has 0 atom stereocenters. The van der Waals surface area contributed by atoms with Gasteiger partial charge in [0.25, 0.3) is 5.91 Å². The molecule has 13 nitrogen and oxygen atoms in total. The van der Waals surface area contributed by atoms with Crippen molar-refractivity contribution in [1.82, 2.24) is 19.8 Å². The molecule has 0 aliphatic carbocycles. The third-order valence-electron chi connectivity index (χ3n) is 10.1. The van der Waals surface area contributed by atoms with Gasteiger partial charge in [0.2, 0.25) is 0 Å². The number of carbonyl (C=O) groups is 3. The minimum absolute atomic E-state index is 0.117. The molecule has 3 aromatic carbocycles. The fourth-order valence-electron chi connectivity index (χ4n) is 7.09. The number of esters is 2. The summed E-state index contributed by atoms with van der Waals surface area (Å²) in [5.41, 5.74) is 11.4. The van der Waals surface area contributed by atoms with E-state index in [9.17, 15) is 14.4 Å². The number of nitrogens with one attached hydrogen (secondary N) is 1. The fourth-order valence-corrected chi connectivity index (χ4v) is 7.09.